The molecule has 0 amide bonds. The number of nitrogen functional groups attached to an aromatic ring is 1. The highest BCUT2D eigenvalue weighted by atomic mass is 35.5. The number of halogens is 1. The minimum absolute atomic E-state index is 0.0129. The van der Waals surface area contributed by atoms with Gasteiger partial charge in [0.1, 0.15) is 0 Å². The van der Waals surface area contributed by atoms with Crippen molar-refractivity contribution in [2.75, 3.05) is 18.2 Å². The van der Waals surface area contributed by atoms with Crippen LogP contribution < -0.4 is 21.3 Å². The van der Waals surface area contributed by atoms with Crippen molar-refractivity contribution in [2.45, 2.75) is 0 Å². The van der Waals surface area contributed by atoms with E-state index in [1.807, 2.05) is 0 Å². The van der Waals surface area contributed by atoms with E-state index in [1.54, 1.807) is 24.3 Å². The van der Waals surface area contributed by atoms with E-state index in [9.17, 15) is 5.21 Å². The number of rotatable bonds is 4. The molecule has 0 unspecified atom stereocenters. The summed E-state index contributed by atoms with van der Waals surface area (Å²) in [5.41, 5.74) is 7.08. The molecule has 0 fully saturated rings. The zero-order chi connectivity index (χ0) is 13.8. The predicted molar refractivity (Wildman–Crippen MR) is 72.7 cm³/mol. The van der Waals surface area contributed by atoms with Gasteiger partial charge in [0.25, 0.3) is 5.88 Å². The van der Waals surface area contributed by atoms with Crippen molar-refractivity contribution in [1.29, 1.82) is 0 Å². The second-order valence-corrected chi connectivity index (χ2v) is 4.04. The molecule has 1 aromatic carbocycles. The maximum atomic E-state index is 11.1. The van der Waals surface area contributed by atoms with Crippen LogP contribution in [-0.2, 0) is 0 Å². The van der Waals surface area contributed by atoms with Gasteiger partial charge in [0.05, 0.1) is 7.11 Å². The third-order valence-corrected chi connectivity index (χ3v) is 2.60. The van der Waals surface area contributed by atoms with Gasteiger partial charge >= 0.3 is 0 Å². The van der Waals surface area contributed by atoms with Crippen molar-refractivity contribution in [1.82, 2.24) is 9.97 Å². The predicted octanol–water partition coefficient (Wildman–Crippen LogP) is 1.16. The molecular formula is C11H12ClN5O2. The third kappa shape index (κ3) is 3.02. The summed E-state index contributed by atoms with van der Waals surface area (Å²) in [4.78, 5) is 7.81. The van der Waals surface area contributed by atoms with Crippen LogP contribution in [0.5, 0.6) is 5.88 Å². The number of ether oxygens (including phenoxy) is 1. The summed E-state index contributed by atoms with van der Waals surface area (Å²) < 4.78 is 4.99. The Balaban J connectivity index is 2.38. The van der Waals surface area contributed by atoms with Gasteiger partial charge in [-0.1, -0.05) is 11.6 Å². The number of nitrogens with zero attached hydrogens (tertiary/aromatic N) is 2. The van der Waals surface area contributed by atoms with Crippen LogP contribution >= 0.6 is 11.6 Å². The van der Waals surface area contributed by atoms with Gasteiger partial charge in [0.15, 0.2) is 0 Å². The molecule has 0 bridgehead atoms. The van der Waals surface area contributed by atoms with Crippen LogP contribution in [0, 0.1) is 5.21 Å². The van der Waals surface area contributed by atoms with Gasteiger partial charge in [0.2, 0.25) is 17.5 Å². The van der Waals surface area contributed by atoms with Crippen LogP contribution in [0.3, 0.4) is 0 Å². The number of methoxy groups -OCH3 is 1. The number of quaternary nitrogens is 1. The van der Waals surface area contributed by atoms with Crippen molar-refractivity contribution < 1.29 is 10.2 Å². The van der Waals surface area contributed by atoms with Gasteiger partial charge in [-0.25, -0.2) is 0 Å². The van der Waals surface area contributed by atoms with Crippen molar-refractivity contribution in [3.05, 3.63) is 34.5 Å². The monoisotopic (exact) mass is 281 g/mol. The first-order valence-electron chi connectivity index (χ1n) is 5.33. The molecule has 8 heteroatoms. The number of benzene rings is 1. The topological polar surface area (TPSA) is 113 Å². The van der Waals surface area contributed by atoms with Crippen molar-refractivity contribution in [3.8, 4) is 5.88 Å². The maximum absolute atomic E-state index is 11.1. The smallest absolute Gasteiger partial charge is 0.284 e. The van der Waals surface area contributed by atoms with E-state index in [4.69, 9.17) is 22.1 Å². The lowest BCUT2D eigenvalue weighted by Crippen LogP contribution is -2.70. The summed E-state index contributed by atoms with van der Waals surface area (Å²) in [6.07, 6.45) is 0. The molecule has 0 spiro atoms. The molecule has 19 heavy (non-hydrogen) atoms. The molecule has 0 saturated heterocycles. The second kappa shape index (κ2) is 5.70. The summed E-state index contributed by atoms with van der Waals surface area (Å²) in [7, 11) is 1.40. The minimum Gasteiger partial charge on any atom is -0.630 e. The summed E-state index contributed by atoms with van der Waals surface area (Å²) in [5, 5.41) is 14.7. The first-order chi connectivity index (χ1) is 9.13. The Kier molecular flexibility index (Phi) is 4.00. The number of nitrogens with two attached hydrogens (primary N) is 2. The molecule has 0 radical (unpaired) electrons. The summed E-state index contributed by atoms with van der Waals surface area (Å²) in [5.74, 6) is 0.416. The number of hydrogen-bond donors (Lipinski definition) is 3. The van der Waals surface area contributed by atoms with Gasteiger partial charge in [-0.3, -0.25) is 0 Å². The number of nitrogens with one attached hydrogen (secondary N) is 1. The van der Waals surface area contributed by atoms with Crippen LogP contribution in [0.2, 0.25) is 5.02 Å². The Hall–Kier alpha value is -2.09. The summed E-state index contributed by atoms with van der Waals surface area (Å²) in [6, 6.07) is 6.93. The highest BCUT2D eigenvalue weighted by Crippen LogP contribution is 2.28. The summed E-state index contributed by atoms with van der Waals surface area (Å²) >= 11 is 5.80. The molecule has 5 N–H and O–H groups in total. The number of aromatic nitrogens is 2. The fourth-order valence-electron chi connectivity index (χ4n) is 1.49. The van der Waals surface area contributed by atoms with E-state index in [0.717, 1.165) is 0 Å². The zero-order valence-electron chi connectivity index (χ0n) is 10.1. The van der Waals surface area contributed by atoms with E-state index >= 15 is 0 Å². The molecule has 2 aromatic rings. The van der Waals surface area contributed by atoms with Crippen molar-refractivity contribution >= 4 is 34.7 Å². The van der Waals surface area contributed by atoms with E-state index in [2.05, 4.69) is 15.3 Å². The SMILES string of the molecule is COc1nc(N)nc(Nc2ccc(Cl)cc2)c1[NH2+][O-]. The standard InChI is InChI=1S/C11H12ClN5O2/c1-19-10-8(17-18)9(15-11(13)16-10)14-7-4-2-6(12)3-5-7/h2-5H,17H2,1H3,(H3,13,14,15,16). The van der Waals surface area contributed by atoms with Gasteiger partial charge < -0.3 is 26.5 Å². The fourth-order valence-corrected chi connectivity index (χ4v) is 1.62. The zero-order valence-corrected chi connectivity index (χ0v) is 10.8. The molecule has 0 aliphatic carbocycles. The molecule has 7 nitrogen and oxygen atoms in total. The number of hydrogen-bond acceptors (Lipinski definition) is 6. The Labute approximate surface area is 114 Å². The molecule has 2 rings (SSSR count). The third-order valence-electron chi connectivity index (χ3n) is 2.35. The molecule has 1 heterocycles. The van der Waals surface area contributed by atoms with Gasteiger partial charge in [-0.15, -0.1) is 0 Å². The van der Waals surface area contributed by atoms with Crippen molar-refractivity contribution in [3.63, 3.8) is 0 Å². The Morgan fingerprint density at radius 2 is 2.00 bits per heavy atom. The molecule has 0 atom stereocenters. The molecular weight excluding hydrogens is 270 g/mol. The fraction of sp³-hybridized carbons (Fsp3) is 0.0909. The maximum Gasteiger partial charge on any atom is 0.284 e. The Morgan fingerprint density at radius 3 is 2.58 bits per heavy atom. The van der Waals surface area contributed by atoms with Crippen LogP contribution in [0.25, 0.3) is 0 Å². The molecule has 0 aliphatic heterocycles. The van der Waals surface area contributed by atoms with Crippen molar-refractivity contribution in [2.24, 2.45) is 0 Å². The van der Waals surface area contributed by atoms with Crippen LogP contribution in [0.15, 0.2) is 24.3 Å². The minimum atomic E-state index is 0.0129. The van der Waals surface area contributed by atoms with E-state index < -0.39 is 0 Å². The first-order valence-corrected chi connectivity index (χ1v) is 5.71. The lowest BCUT2D eigenvalue weighted by Gasteiger charge is -2.13. The van der Waals surface area contributed by atoms with Gasteiger partial charge in [0, 0.05) is 10.7 Å². The lowest BCUT2D eigenvalue weighted by atomic mass is 10.3. The van der Waals surface area contributed by atoms with Gasteiger partial charge in [-0.05, 0) is 24.3 Å². The van der Waals surface area contributed by atoms with Crippen LogP contribution in [0.1, 0.15) is 0 Å². The average molecular weight is 282 g/mol. The summed E-state index contributed by atoms with van der Waals surface area (Å²) in [6.45, 7) is 0. The quantitative estimate of drug-likeness (QED) is 0.725. The highest BCUT2D eigenvalue weighted by molar-refractivity contribution is 6.30. The Morgan fingerprint density at radius 1 is 1.32 bits per heavy atom. The normalized spacial score (nSPS) is 10.3. The van der Waals surface area contributed by atoms with Gasteiger partial charge in [-0.2, -0.15) is 9.97 Å². The van der Waals surface area contributed by atoms with E-state index in [0.29, 0.717) is 16.2 Å². The highest BCUT2D eigenvalue weighted by Gasteiger charge is 2.16. The van der Waals surface area contributed by atoms with Crippen LogP contribution in [-0.4, -0.2) is 17.1 Å². The molecule has 0 aliphatic rings. The second-order valence-electron chi connectivity index (χ2n) is 3.60. The molecule has 100 valence electrons. The van der Waals surface area contributed by atoms with E-state index in [1.165, 1.54) is 7.11 Å². The number of anilines is 3. The average Bonchev–Trinajstić information content (AvgIpc) is 2.40. The molecule has 1 aromatic heterocycles. The largest absolute Gasteiger partial charge is 0.630 e. The van der Waals surface area contributed by atoms with Crippen LogP contribution in [0.4, 0.5) is 23.1 Å². The molecule has 0 saturated carbocycles. The first kappa shape index (κ1) is 13.3. The Bertz CT molecular complexity index is 576. The van der Waals surface area contributed by atoms with E-state index in [-0.39, 0.29) is 23.3 Å². The lowest BCUT2D eigenvalue weighted by molar-refractivity contribution is -0.497.